The molecule has 2 atom stereocenters. The van der Waals surface area contributed by atoms with E-state index in [1.54, 1.807) is 0 Å². The van der Waals surface area contributed by atoms with Crippen molar-refractivity contribution in [3.8, 4) is 0 Å². The van der Waals surface area contributed by atoms with E-state index in [0.29, 0.717) is 48.7 Å². The maximum atomic E-state index is 15.6. The first kappa shape index (κ1) is 26.1. The molecule has 12 heteroatoms. The number of fused-ring (bicyclic) bond motifs is 1. The molecule has 35 heavy (non-hydrogen) atoms. The number of halogens is 1. The van der Waals surface area contributed by atoms with Crippen LogP contribution in [0.15, 0.2) is 5.16 Å². The Hall–Kier alpha value is -2.02. The van der Waals surface area contributed by atoms with Crippen molar-refractivity contribution in [3.63, 3.8) is 0 Å². The van der Waals surface area contributed by atoms with E-state index in [-0.39, 0.29) is 36.6 Å². The summed E-state index contributed by atoms with van der Waals surface area (Å²) in [6.45, 7) is 4.14. The number of morpholine rings is 1. The number of carbonyl (C=O) groups excluding carboxylic acids is 2. The molecule has 0 aromatic carbocycles. The van der Waals surface area contributed by atoms with Gasteiger partial charge in [-0.05, 0) is 18.6 Å². The predicted octanol–water partition coefficient (Wildman–Crippen LogP) is 1.52. The lowest BCUT2D eigenvalue weighted by Gasteiger charge is -2.44. The number of hydrogen-bond acceptors (Lipinski definition) is 9. The Morgan fingerprint density at radius 1 is 1.34 bits per heavy atom. The fourth-order valence-electron chi connectivity index (χ4n) is 5.31. The molecular weight excluding hydrogens is 475 g/mol. The minimum atomic E-state index is -0.572. The van der Waals surface area contributed by atoms with Crippen LogP contribution in [0, 0.1) is 17.7 Å². The summed E-state index contributed by atoms with van der Waals surface area (Å²) >= 11 is 1.32. The highest BCUT2D eigenvalue weighted by Crippen LogP contribution is 2.31. The van der Waals surface area contributed by atoms with Crippen molar-refractivity contribution >= 4 is 29.9 Å². The van der Waals surface area contributed by atoms with E-state index in [4.69, 9.17) is 4.74 Å². The number of anilines is 1. The van der Waals surface area contributed by atoms with Crippen molar-refractivity contribution < 1.29 is 23.9 Å². The molecule has 4 rings (SSSR count). The monoisotopic (exact) mass is 510 g/mol. The maximum absolute atomic E-state index is 15.6. The SMILES string of the molecule is CSc1nc(CNC(=O)[C@H](CC2CCCC2)CN(O)C=O)c(F)c(N2CCN3CCOC[C@@H]3C2)n1. The highest BCUT2D eigenvalue weighted by Gasteiger charge is 2.32. The highest BCUT2D eigenvalue weighted by atomic mass is 32.2. The van der Waals surface area contributed by atoms with Crippen molar-refractivity contribution in [1.29, 1.82) is 0 Å². The topological polar surface area (TPSA) is 111 Å². The van der Waals surface area contributed by atoms with Crippen LogP contribution >= 0.6 is 11.8 Å². The molecule has 3 aliphatic rings. The Morgan fingerprint density at radius 3 is 2.89 bits per heavy atom. The lowest BCUT2D eigenvalue weighted by Crippen LogP contribution is -2.58. The first-order chi connectivity index (χ1) is 17.0. The van der Waals surface area contributed by atoms with Crippen LogP contribution in [-0.4, -0.2) is 95.7 Å². The molecule has 2 aliphatic heterocycles. The number of hydroxylamine groups is 2. The lowest BCUT2D eigenvalue weighted by molar-refractivity contribution is -0.155. The fourth-order valence-corrected chi connectivity index (χ4v) is 5.69. The van der Waals surface area contributed by atoms with Gasteiger partial charge in [-0.3, -0.25) is 19.7 Å². The minimum absolute atomic E-state index is 0.0893. The number of nitrogens with one attached hydrogen (secondary N) is 1. The first-order valence-electron chi connectivity index (χ1n) is 12.3. The molecule has 1 aliphatic carbocycles. The van der Waals surface area contributed by atoms with Gasteiger partial charge in [0.1, 0.15) is 5.69 Å². The smallest absolute Gasteiger partial charge is 0.233 e. The van der Waals surface area contributed by atoms with Crippen LogP contribution in [-0.2, 0) is 20.9 Å². The van der Waals surface area contributed by atoms with Crippen molar-refractivity contribution in [2.24, 2.45) is 11.8 Å². The average Bonchev–Trinajstić information content (AvgIpc) is 3.40. The number of hydrogen-bond donors (Lipinski definition) is 2. The second-order valence-electron chi connectivity index (χ2n) is 9.53. The van der Waals surface area contributed by atoms with Gasteiger partial charge in [0.15, 0.2) is 16.8 Å². The largest absolute Gasteiger partial charge is 0.378 e. The normalized spacial score (nSPS) is 22.0. The number of aromatic nitrogens is 2. The summed E-state index contributed by atoms with van der Waals surface area (Å²) in [7, 11) is 0. The number of piperazine rings is 1. The summed E-state index contributed by atoms with van der Waals surface area (Å²) in [5.74, 6) is -0.784. The molecule has 0 radical (unpaired) electrons. The first-order valence-corrected chi connectivity index (χ1v) is 13.6. The van der Waals surface area contributed by atoms with E-state index >= 15 is 4.39 Å². The van der Waals surface area contributed by atoms with Gasteiger partial charge in [0.05, 0.1) is 38.3 Å². The van der Waals surface area contributed by atoms with Gasteiger partial charge in [0.2, 0.25) is 12.3 Å². The van der Waals surface area contributed by atoms with Gasteiger partial charge in [-0.15, -0.1) is 0 Å². The Kier molecular flexibility index (Phi) is 9.15. The average molecular weight is 511 g/mol. The van der Waals surface area contributed by atoms with Gasteiger partial charge in [-0.2, -0.15) is 0 Å². The molecule has 2 saturated heterocycles. The number of nitrogens with zero attached hydrogens (tertiary/aromatic N) is 5. The molecule has 0 spiro atoms. The third-order valence-electron chi connectivity index (χ3n) is 7.22. The molecule has 194 valence electrons. The standard InChI is InChI=1S/C23H35FN6O4S/c1-35-23-26-19(11-25-22(32)17(12-30(33)15-31)10-16-4-2-3-5-16)20(24)21(27-23)29-7-6-28-8-9-34-14-18(28)13-29/h15-18,33H,2-14H2,1H3,(H,25,32)/t17-,18+/m1/s1. The van der Waals surface area contributed by atoms with E-state index < -0.39 is 11.7 Å². The van der Waals surface area contributed by atoms with Crippen molar-refractivity contribution in [1.82, 2.24) is 25.2 Å². The summed E-state index contributed by atoms with van der Waals surface area (Å²) < 4.78 is 21.2. The van der Waals surface area contributed by atoms with Crippen molar-refractivity contribution in [2.75, 3.05) is 57.1 Å². The van der Waals surface area contributed by atoms with Gasteiger partial charge >= 0.3 is 0 Å². The van der Waals surface area contributed by atoms with E-state index in [1.807, 2.05) is 11.2 Å². The van der Waals surface area contributed by atoms with Gasteiger partial charge in [-0.25, -0.2) is 19.4 Å². The molecule has 2 N–H and O–H groups in total. The third-order valence-corrected chi connectivity index (χ3v) is 7.77. The van der Waals surface area contributed by atoms with Crippen molar-refractivity contribution in [3.05, 3.63) is 11.5 Å². The van der Waals surface area contributed by atoms with Crippen LogP contribution in [0.2, 0.25) is 0 Å². The molecule has 0 unspecified atom stereocenters. The number of amides is 2. The maximum Gasteiger partial charge on any atom is 0.233 e. The Morgan fingerprint density at radius 2 is 2.14 bits per heavy atom. The number of ether oxygens (including phenoxy) is 1. The summed E-state index contributed by atoms with van der Waals surface area (Å²) in [5.41, 5.74) is 0.130. The van der Waals surface area contributed by atoms with Gasteiger partial charge in [-0.1, -0.05) is 37.4 Å². The molecule has 0 bridgehead atoms. The summed E-state index contributed by atoms with van der Waals surface area (Å²) in [4.78, 5) is 37.0. The van der Waals surface area contributed by atoms with Crippen LogP contribution < -0.4 is 10.2 Å². The second-order valence-corrected chi connectivity index (χ2v) is 10.3. The van der Waals surface area contributed by atoms with Crippen LogP contribution in [0.5, 0.6) is 0 Å². The van der Waals surface area contributed by atoms with Crippen molar-refractivity contribution in [2.45, 2.75) is 49.8 Å². The molecule has 3 heterocycles. The molecular formula is C23H35FN6O4S. The summed E-state index contributed by atoms with van der Waals surface area (Å²) in [6, 6.07) is 0.198. The number of rotatable bonds is 10. The minimum Gasteiger partial charge on any atom is -0.378 e. The molecule has 3 fully saturated rings. The van der Waals surface area contributed by atoms with Crippen LogP contribution in [0.3, 0.4) is 0 Å². The lowest BCUT2D eigenvalue weighted by atomic mass is 9.92. The van der Waals surface area contributed by atoms with E-state index in [9.17, 15) is 14.8 Å². The summed E-state index contributed by atoms with van der Waals surface area (Å²) in [6.07, 6.45) is 7.05. The number of thioether (sulfide) groups is 1. The van der Waals surface area contributed by atoms with Crippen LogP contribution in [0.1, 0.15) is 37.8 Å². The van der Waals surface area contributed by atoms with E-state index in [1.165, 1.54) is 11.8 Å². The van der Waals surface area contributed by atoms with Gasteiger partial charge in [0, 0.05) is 26.2 Å². The Balaban J connectivity index is 1.45. The van der Waals surface area contributed by atoms with Crippen LogP contribution in [0.25, 0.3) is 0 Å². The zero-order valence-corrected chi connectivity index (χ0v) is 21.0. The summed E-state index contributed by atoms with van der Waals surface area (Å²) in [5, 5.41) is 13.4. The predicted molar refractivity (Wildman–Crippen MR) is 129 cm³/mol. The highest BCUT2D eigenvalue weighted by molar-refractivity contribution is 7.98. The quantitative estimate of drug-likeness (QED) is 0.159. The van der Waals surface area contributed by atoms with E-state index in [2.05, 4.69) is 20.2 Å². The molecule has 10 nitrogen and oxygen atoms in total. The molecule has 1 aromatic heterocycles. The van der Waals surface area contributed by atoms with E-state index in [0.717, 1.165) is 45.4 Å². The zero-order valence-electron chi connectivity index (χ0n) is 20.2. The van der Waals surface area contributed by atoms with Crippen LogP contribution in [0.4, 0.5) is 10.2 Å². The fraction of sp³-hybridized carbons (Fsp3) is 0.739. The number of carbonyl (C=O) groups is 2. The Bertz CT molecular complexity index is 890. The van der Waals surface area contributed by atoms with Gasteiger partial charge < -0.3 is 15.0 Å². The van der Waals surface area contributed by atoms with Gasteiger partial charge in [0.25, 0.3) is 0 Å². The molecule has 1 aromatic rings. The molecule has 1 saturated carbocycles. The zero-order chi connectivity index (χ0) is 24.8. The molecule has 2 amide bonds. The third kappa shape index (κ3) is 6.60. The Labute approximate surface area is 209 Å². The second kappa shape index (κ2) is 12.3.